The fraction of sp³-hybridized carbons (Fsp3) is 0.235. The van der Waals surface area contributed by atoms with Crippen LogP contribution >= 0.6 is 0 Å². The van der Waals surface area contributed by atoms with Gasteiger partial charge in [-0.15, -0.1) is 0 Å². The molecule has 0 fully saturated rings. The maximum absolute atomic E-state index is 12.9. The fourth-order valence-electron chi connectivity index (χ4n) is 2.25. The van der Waals surface area contributed by atoms with Crippen LogP contribution in [0.5, 0.6) is 0 Å². The molecule has 0 aliphatic rings. The number of benzene rings is 1. The predicted molar refractivity (Wildman–Crippen MR) is 85.4 cm³/mol. The lowest BCUT2D eigenvalue weighted by Gasteiger charge is -2.08. The van der Waals surface area contributed by atoms with E-state index in [9.17, 15) is 4.39 Å². The van der Waals surface area contributed by atoms with Crippen LogP contribution in [-0.4, -0.2) is 15.1 Å². The number of aromatic nitrogens is 3. The zero-order chi connectivity index (χ0) is 16.2. The Morgan fingerprint density at radius 1 is 1.22 bits per heavy atom. The summed E-state index contributed by atoms with van der Waals surface area (Å²) in [7, 11) is 0. The minimum absolute atomic E-state index is 0.245. The van der Waals surface area contributed by atoms with E-state index in [-0.39, 0.29) is 5.82 Å². The summed E-state index contributed by atoms with van der Waals surface area (Å²) in [5, 5.41) is 7.05. The third-order valence-corrected chi connectivity index (χ3v) is 3.46. The number of halogens is 1. The zero-order valence-electron chi connectivity index (χ0n) is 13.0. The third kappa shape index (κ3) is 3.53. The van der Waals surface area contributed by atoms with Crippen LogP contribution < -0.4 is 5.32 Å². The molecule has 1 aromatic carbocycles. The van der Waals surface area contributed by atoms with E-state index in [1.54, 1.807) is 18.3 Å². The summed E-state index contributed by atoms with van der Waals surface area (Å²) in [6.45, 7) is 4.43. The van der Waals surface area contributed by atoms with Gasteiger partial charge in [-0.3, -0.25) is 0 Å². The maximum Gasteiger partial charge on any atom is 0.223 e. The average Bonchev–Trinajstić information content (AvgIpc) is 3.00. The summed E-state index contributed by atoms with van der Waals surface area (Å²) in [5.41, 5.74) is 3.52. The molecule has 0 aliphatic heterocycles. The lowest BCUT2D eigenvalue weighted by Crippen LogP contribution is -2.06. The van der Waals surface area contributed by atoms with Crippen LogP contribution in [0.25, 0.3) is 11.3 Å². The minimum atomic E-state index is -0.245. The molecule has 0 radical (unpaired) electrons. The fourth-order valence-corrected chi connectivity index (χ4v) is 2.25. The van der Waals surface area contributed by atoms with Crippen molar-refractivity contribution in [3.05, 3.63) is 59.3 Å². The van der Waals surface area contributed by atoms with Gasteiger partial charge in [0.05, 0.1) is 17.0 Å². The molecule has 0 spiro atoms. The van der Waals surface area contributed by atoms with Gasteiger partial charge in [0.2, 0.25) is 5.95 Å². The highest BCUT2D eigenvalue weighted by molar-refractivity contribution is 5.60. The Kier molecular flexibility index (Phi) is 4.32. The highest BCUT2D eigenvalue weighted by Crippen LogP contribution is 2.24. The summed E-state index contributed by atoms with van der Waals surface area (Å²) < 4.78 is 18.2. The number of nitrogens with zero attached hydrogens (tertiary/aromatic N) is 3. The van der Waals surface area contributed by atoms with E-state index in [4.69, 9.17) is 4.52 Å². The molecule has 3 rings (SSSR count). The number of hydrogen-bond acceptors (Lipinski definition) is 5. The molecule has 0 unspecified atom stereocenters. The molecule has 0 amide bonds. The van der Waals surface area contributed by atoms with Crippen molar-refractivity contribution in [2.45, 2.75) is 26.8 Å². The first kappa shape index (κ1) is 15.1. The molecular formula is C17H17FN4O. The Bertz CT molecular complexity index is 799. The number of anilines is 1. The Hall–Kier alpha value is -2.76. The van der Waals surface area contributed by atoms with Gasteiger partial charge in [-0.1, -0.05) is 24.2 Å². The summed E-state index contributed by atoms with van der Waals surface area (Å²) in [5.74, 6) is 0.959. The maximum atomic E-state index is 12.9. The summed E-state index contributed by atoms with van der Waals surface area (Å²) >= 11 is 0. The second kappa shape index (κ2) is 6.56. The van der Waals surface area contributed by atoms with Gasteiger partial charge in [0.25, 0.3) is 0 Å². The molecule has 0 saturated carbocycles. The van der Waals surface area contributed by atoms with E-state index in [0.29, 0.717) is 18.3 Å². The van der Waals surface area contributed by atoms with Gasteiger partial charge in [0, 0.05) is 18.8 Å². The van der Waals surface area contributed by atoms with Crippen molar-refractivity contribution in [2.24, 2.45) is 0 Å². The number of rotatable bonds is 5. The second-order valence-corrected chi connectivity index (χ2v) is 5.22. The first-order valence-corrected chi connectivity index (χ1v) is 7.43. The molecule has 23 heavy (non-hydrogen) atoms. The Labute approximate surface area is 133 Å². The molecule has 1 N–H and O–H groups in total. The Morgan fingerprint density at radius 3 is 2.65 bits per heavy atom. The topological polar surface area (TPSA) is 63.8 Å². The SMILES string of the molecule is CCc1nc(NCc2ccc(F)cc2)ncc1-c1cc(C)no1. The van der Waals surface area contributed by atoms with E-state index in [1.165, 1.54) is 12.1 Å². The summed E-state index contributed by atoms with van der Waals surface area (Å²) in [6, 6.07) is 8.20. The van der Waals surface area contributed by atoms with Crippen molar-refractivity contribution in [3.63, 3.8) is 0 Å². The van der Waals surface area contributed by atoms with E-state index in [2.05, 4.69) is 20.4 Å². The monoisotopic (exact) mass is 312 g/mol. The van der Waals surface area contributed by atoms with E-state index >= 15 is 0 Å². The van der Waals surface area contributed by atoms with Crippen molar-refractivity contribution in [1.82, 2.24) is 15.1 Å². The number of nitrogens with one attached hydrogen (secondary N) is 1. The zero-order valence-corrected chi connectivity index (χ0v) is 13.0. The van der Waals surface area contributed by atoms with Crippen LogP contribution in [0.1, 0.15) is 23.9 Å². The second-order valence-electron chi connectivity index (χ2n) is 5.22. The molecule has 0 atom stereocenters. The standard InChI is InChI=1S/C17H17FN4O/c1-3-15-14(16-8-11(2)22-23-16)10-20-17(21-15)19-9-12-4-6-13(18)7-5-12/h4-8,10H,3,9H2,1-2H3,(H,19,20,21). The molecule has 0 bridgehead atoms. The summed E-state index contributed by atoms with van der Waals surface area (Å²) in [4.78, 5) is 8.85. The molecular weight excluding hydrogens is 295 g/mol. The first-order valence-electron chi connectivity index (χ1n) is 7.43. The van der Waals surface area contributed by atoms with Crippen molar-refractivity contribution in [1.29, 1.82) is 0 Å². The predicted octanol–water partition coefficient (Wildman–Crippen LogP) is 3.75. The Balaban J connectivity index is 1.77. The van der Waals surface area contributed by atoms with E-state index in [0.717, 1.165) is 28.9 Å². The first-order chi connectivity index (χ1) is 11.2. The Morgan fingerprint density at radius 2 is 2.00 bits per heavy atom. The third-order valence-electron chi connectivity index (χ3n) is 3.46. The van der Waals surface area contributed by atoms with Gasteiger partial charge in [-0.25, -0.2) is 14.4 Å². The highest BCUT2D eigenvalue weighted by Gasteiger charge is 2.12. The molecule has 118 valence electrons. The van der Waals surface area contributed by atoms with Crippen LogP contribution in [0.2, 0.25) is 0 Å². The number of aryl methyl sites for hydroxylation is 2. The normalized spacial score (nSPS) is 10.7. The van der Waals surface area contributed by atoms with Crippen molar-refractivity contribution in [2.75, 3.05) is 5.32 Å². The van der Waals surface area contributed by atoms with Crippen LogP contribution in [0.15, 0.2) is 41.1 Å². The van der Waals surface area contributed by atoms with Crippen LogP contribution in [0.4, 0.5) is 10.3 Å². The van der Waals surface area contributed by atoms with Gasteiger partial charge in [-0.2, -0.15) is 0 Å². The lowest BCUT2D eigenvalue weighted by molar-refractivity contribution is 0.426. The van der Waals surface area contributed by atoms with Crippen LogP contribution in [-0.2, 0) is 13.0 Å². The van der Waals surface area contributed by atoms with E-state index < -0.39 is 0 Å². The largest absolute Gasteiger partial charge is 0.356 e. The van der Waals surface area contributed by atoms with Gasteiger partial charge in [0.1, 0.15) is 5.82 Å². The average molecular weight is 312 g/mol. The molecule has 6 heteroatoms. The van der Waals surface area contributed by atoms with Gasteiger partial charge in [-0.05, 0) is 31.0 Å². The van der Waals surface area contributed by atoms with Crippen molar-refractivity contribution < 1.29 is 8.91 Å². The molecule has 2 aromatic heterocycles. The minimum Gasteiger partial charge on any atom is -0.356 e. The van der Waals surface area contributed by atoms with Crippen molar-refractivity contribution in [3.8, 4) is 11.3 Å². The van der Waals surface area contributed by atoms with Gasteiger partial charge < -0.3 is 9.84 Å². The van der Waals surface area contributed by atoms with Gasteiger partial charge >= 0.3 is 0 Å². The molecule has 0 saturated heterocycles. The highest BCUT2D eigenvalue weighted by atomic mass is 19.1. The number of hydrogen-bond donors (Lipinski definition) is 1. The molecule has 2 heterocycles. The lowest BCUT2D eigenvalue weighted by atomic mass is 10.1. The molecule has 0 aliphatic carbocycles. The van der Waals surface area contributed by atoms with Gasteiger partial charge in [0.15, 0.2) is 5.76 Å². The summed E-state index contributed by atoms with van der Waals surface area (Å²) in [6.07, 6.45) is 2.49. The molecule has 3 aromatic rings. The van der Waals surface area contributed by atoms with Crippen LogP contribution in [0.3, 0.4) is 0 Å². The van der Waals surface area contributed by atoms with Crippen LogP contribution in [0, 0.1) is 12.7 Å². The quantitative estimate of drug-likeness (QED) is 0.777. The molecule has 5 nitrogen and oxygen atoms in total. The smallest absolute Gasteiger partial charge is 0.223 e. The van der Waals surface area contributed by atoms with Crippen molar-refractivity contribution >= 4 is 5.95 Å². The van der Waals surface area contributed by atoms with E-state index in [1.807, 2.05) is 19.9 Å².